The number of carbonyl (C=O) groups is 1. The van der Waals surface area contributed by atoms with Gasteiger partial charge in [-0.2, -0.15) is 0 Å². The summed E-state index contributed by atoms with van der Waals surface area (Å²) in [5.41, 5.74) is 3.51. The minimum absolute atomic E-state index is 0.0169. The zero-order chi connectivity index (χ0) is 33.0. The van der Waals surface area contributed by atoms with Crippen LogP contribution in [0, 0.1) is 5.92 Å². The van der Waals surface area contributed by atoms with Crippen molar-refractivity contribution in [3.8, 4) is 0 Å². The van der Waals surface area contributed by atoms with E-state index >= 15 is 0 Å². The van der Waals surface area contributed by atoms with Crippen molar-refractivity contribution < 1.29 is 24.1 Å². The predicted molar refractivity (Wildman–Crippen MR) is 188 cm³/mol. The van der Waals surface area contributed by atoms with Gasteiger partial charge >= 0.3 is 6.09 Å². The third-order valence-corrected chi connectivity index (χ3v) is 8.98. The molecule has 1 fully saturated rings. The second-order valence-corrected chi connectivity index (χ2v) is 12.8. The summed E-state index contributed by atoms with van der Waals surface area (Å²) in [6, 6.07) is 15.7. The maximum Gasteiger partial charge on any atom is 0.411 e. The van der Waals surface area contributed by atoms with Gasteiger partial charge in [0.25, 0.3) is 0 Å². The van der Waals surface area contributed by atoms with Crippen LogP contribution in [0.2, 0.25) is 0 Å². The van der Waals surface area contributed by atoms with E-state index in [1.165, 1.54) is 83.1 Å². The van der Waals surface area contributed by atoms with Gasteiger partial charge < -0.3 is 24.2 Å². The molecule has 0 bridgehead atoms. The lowest BCUT2D eigenvalue weighted by Crippen LogP contribution is -2.45. The summed E-state index contributed by atoms with van der Waals surface area (Å²) in [5, 5.41) is 12.4. The molecular weight excluding hydrogens is 576 g/mol. The Morgan fingerprint density at radius 2 is 1.41 bits per heavy atom. The Kier molecular flexibility index (Phi) is 18.0. The molecule has 46 heavy (non-hydrogen) atoms. The van der Waals surface area contributed by atoms with E-state index in [1.54, 1.807) is 0 Å². The van der Waals surface area contributed by atoms with Crippen LogP contribution in [0.3, 0.4) is 0 Å². The lowest BCUT2D eigenvalue weighted by molar-refractivity contribution is -0.276. The number of rotatable bonds is 22. The molecule has 0 radical (unpaired) electrons. The number of anilines is 1. The number of amides is 1. The van der Waals surface area contributed by atoms with E-state index in [0.29, 0.717) is 5.69 Å². The highest BCUT2D eigenvalue weighted by molar-refractivity contribution is 5.84. The first-order valence-corrected chi connectivity index (χ1v) is 17.9. The fourth-order valence-electron chi connectivity index (χ4n) is 6.12. The SMILES string of the molecule is C=CCOC(=O)Nc1ccc([C@H]2O[C@@H](CN(CCCCCCCC)CCCCCCCC)[C@@H](C)[C@@H](c3ccc(CO)cc3)O2)cc1. The molecule has 0 saturated carbocycles. The van der Waals surface area contributed by atoms with Crippen LogP contribution in [-0.2, 0) is 20.8 Å². The molecule has 1 heterocycles. The highest BCUT2D eigenvalue weighted by atomic mass is 16.7. The number of aliphatic hydroxyl groups excluding tert-OH is 1. The molecule has 1 aliphatic rings. The van der Waals surface area contributed by atoms with Crippen molar-refractivity contribution in [1.82, 2.24) is 4.90 Å². The molecule has 0 aromatic heterocycles. The maximum absolute atomic E-state index is 12.0. The van der Waals surface area contributed by atoms with Crippen LogP contribution in [0.15, 0.2) is 61.2 Å². The summed E-state index contributed by atoms with van der Waals surface area (Å²) < 4.78 is 18.5. The van der Waals surface area contributed by atoms with E-state index in [1.807, 2.05) is 36.4 Å². The molecule has 0 unspecified atom stereocenters. The number of hydrogen-bond acceptors (Lipinski definition) is 6. The average Bonchev–Trinajstić information content (AvgIpc) is 3.08. The predicted octanol–water partition coefficient (Wildman–Crippen LogP) is 9.73. The van der Waals surface area contributed by atoms with Crippen molar-refractivity contribution in [3.05, 3.63) is 77.9 Å². The van der Waals surface area contributed by atoms with Crippen LogP contribution < -0.4 is 5.32 Å². The van der Waals surface area contributed by atoms with Gasteiger partial charge in [-0.3, -0.25) is 5.32 Å². The first-order chi connectivity index (χ1) is 22.5. The fourth-order valence-corrected chi connectivity index (χ4v) is 6.12. The first-order valence-electron chi connectivity index (χ1n) is 17.9. The van der Waals surface area contributed by atoms with E-state index in [9.17, 15) is 9.90 Å². The van der Waals surface area contributed by atoms with Crippen LogP contribution in [0.5, 0.6) is 0 Å². The Labute approximate surface area is 278 Å². The Morgan fingerprint density at radius 3 is 1.98 bits per heavy atom. The smallest absolute Gasteiger partial charge is 0.411 e. The van der Waals surface area contributed by atoms with Crippen molar-refractivity contribution in [1.29, 1.82) is 0 Å². The maximum atomic E-state index is 12.0. The van der Waals surface area contributed by atoms with Crippen LogP contribution >= 0.6 is 0 Å². The summed E-state index contributed by atoms with van der Waals surface area (Å²) in [6.45, 7) is 13.6. The van der Waals surface area contributed by atoms with Crippen LogP contribution in [0.4, 0.5) is 10.5 Å². The van der Waals surface area contributed by atoms with Gasteiger partial charge in [0, 0.05) is 23.7 Å². The summed E-state index contributed by atoms with van der Waals surface area (Å²) >= 11 is 0. The molecule has 2 N–H and O–H groups in total. The van der Waals surface area contributed by atoms with Gasteiger partial charge in [-0.05, 0) is 49.2 Å². The summed E-state index contributed by atoms with van der Waals surface area (Å²) in [5.74, 6) is 0.133. The van der Waals surface area contributed by atoms with Gasteiger partial charge in [-0.15, -0.1) is 0 Å². The highest BCUT2D eigenvalue weighted by Crippen LogP contribution is 2.42. The second-order valence-electron chi connectivity index (χ2n) is 12.8. The fraction of sp³-hybridized carbons (Fsp3) is 0.615. The van der Waals surface area contributed by atoms with E-state index < -0.39 is 12.4 Å². The van der Waals surface area contributed by atoms with Gasteiger partial charge in [0.05, 0.1) is 18.8 Å². The molecule has 0 aliphatic carbocycles. The summed E-state index contributed by atoms with van der Waals surface area (Å²) in [7, 11) is 0. The Hall–Kier alpha value is -2.71. The summed E-state index contributed by atoms with van der Waals surface area (Å²) in [6.07, 6.45) is 15.8. The molecule has 7 nitrogen and oxygen atoms in total. The monoisotopic (exact) mass is 636 g/mol. The van der Waals surface area contributed by atoms with Crippen molar-refractivity contribution in [2.45, 2.75) is 123 Å². The van der Waals surface area contributed by atoms with Gasteiger partial charge in [0.1, 0.15) is 6.61 Å². The van der Waals surface area contributed by atoms with E-state index in [-0.39, 0.29) is 31.3 Å². The zero-order valence-electron chi connectivity index (χ0n) is 28.8. The van der Waals surface area contributed by atoms with Crippen molar-refractivity contribution >= 4 is 11.8 Å². The number of aliphatic hydroxyl groups is 1. The van der Waals surface area contributed by atoms with Crippen molar-refractivity contribution in [3.63, 3.8) is 0 Å². The number of nitrogens with zero attached hydrogens (tertiary/aromatic N) is 1. The number of carbonyl (C=O) groups excluding carboxylic acids is 1. The van der Waals surface area contributed by atoms with Crippen LogP contribution in [0.25, 0.3) is 0 Å². The zero-order valence-corrected chi connectivity index (χ0v) is 28.8. The van der Waals surface area contributed by atoms with Gasteiger partial charge in [-0.25, -0.2) is 4.79 Å². The molecular formula is C39H60N2O5. The van der Waals surface area contributed by atoms with Gasteiger partial charge in [0.15, 0.2) is 6.29 Å². The average molecular weight is 637 g/mol. The molecule has 1 amide bonds. The lowest BCUT2D eigenvalue weighted by Gasteiger charge is -2.43. The van der Waals surface area contributed by atoms with E-state index in [4.69, 9.17) is 14.2 Å². The third-order valence-electron chi connectivity index (χ3n) is 8.98. The topological polar surface area (TPSA) is 80.3 Å². The molecule has 256 valence electrons. The Bertz CT molecular complexity index is 1090. The third kappa shape index (κ3) is 13.2. The van der Waals surface area contributed by atoms with Gasteiger partial charge in [-0.1, -0.05) is 134 Å². The molecule has 3 rings (SSSR count). The second kappa shape index (κ2) is 22.0. The van der Waals surface area contributed by atoms with Crippen LogP contribution in [-0.4, -0.2) is 48.4 Å². The minimum Gasteiger partial charge on any atom is -0.445 e. The summed E-state index contributed by atoms with van der Waals surface area (Å²) in [4.78, 5) is 14.7. The number of nitrogens with one attached hydrogen (secondary N) is 1. The number of benzene rings is 2. The molecule has 1 saturated heterocycles. The quantitative estimate of drug-likeness (QED) is 0.0989. The number of hydrogen-bond donors (Lipinski definition) is 2. The largest absolute Gasteiger partial charge is 0.445 e. The highest BCUT2D eigenvalue weighted by Gasteiger charge is 2.39. The molecule has 2 aromatic rings. The lowest BCUT2D eigenvalue weighted by atomic mass is 9.90. The molecule has 2 aromatic carbocycles. The van der Waals surface area contributed by atoms with Gasteiger partial charge in [0.2, 0.25) is 0 Å². The minimum atomic E-state index is -0.546. The normalized spacial score (nSPS) is 19.7. The Morgan fingerprint density at radius 1 is 0.848 bits per heavy atom. The van der Waals surface area contributed by atoms with E-state index in [0.717, 1.165) is 36.3 Å². The molecule has 7 heteroatoms. The molecule has 4 atom stereocenters. The number of ether oxygens (including phenoxy) is 3. The molecule has 1 aliphatic heterocycles. The standard InChI is InChI=1S/C39H60N2O5/c1-5-8-10-12-14-16-26-41(27-17-15-13-11-9-6-2)29-36-31(4)37(33-20-18-32(30-42)19-21-33)46-38(45-36)34-22-24-35(25-23-34)40-39(43)44-28-7-3/h7,18-25,31,36-38,42H,3,5-6,8-17,26-30H2,1-2,4H3,(H,40,43)/t31-,36+,37+,38+/m1/s1. The first kappa shape index (κ1) is 37.7. The van der Waals surface area contributed by atoms with Crippen molar-refractivity contribution in [2.75, 3.05) is 31.6 Å². The van der Waals surface area contributed by atoms with Crippen LogP contribution in [0.1, 0.15) is 127 Å². The molecule has 0 spiro atoms. The van der Waals surface area contributed by atoms with Crippen molar-refractivity contribution in [2.24, 2.45) is 5.92 Å². The number of unbranched alkanes of at least 4 members (excludes halogenated alkanes) is 10. The Balaban J connectivity index is 1.75. The van der Waals surface area contributed by atoms with E-state index in [2.05, 4.69) is 49.7 Å².